The molecule has 0 heterocycles. The van der Waals surface area contributed by atoms with Gasteiger partial charge < -0.3 is 11.1 Å². The molecule has 2 rings (SSSR count). The molecule has 1 aromatic carbocycles. The van der Waals surface area contributed by atoms with Crippen LogP contribution in [0.2, 0.25) is 0 Å². The summed E-state index contributed by atoms with van der Waals surface area (Å²) in [6.07, 6.45) is 4.94. The third-order valence-corrected chi connectivity index (χ3v) is 4.95. The molecule has 0 radical (unpaired) electrons. The number of hydrogen-bond acceptors (Lipinski definition) is 2. The minimum absolute atomic E-state index is 0.0716. The first kappa shape index (κ1) is 15.5. The highest BCUT2D eigenvalue weighted by atomic mass is 79.9. The van der Waals surface area contributed by atoms with Crippen molar-refractivity contribution in [2.45, 2.75) is 44.6 Å². The topological polar surface area (TPSA) is 55.1 Å². The summed E-state index contributed by atoms with van der Waals surface area (Å²) in [5.74, 6) is 0.523. The number of carbonyl (C=O) groups is 1. The molecular weight excluding hydrogens is 316 g/mol. The molecule has 4 heteroatoms. The second-order valence-electron chi connectivity index (χ2n) is 5.86. The Labute approximate surface area is 129 Å². The summed E-state index contributed by atoms with van der Waals surface area (Å²) in [5, 5.41) is 3.22. The number of carbonyl (C=O) groups excluding carboxylic acids is 1. The summed E-state index contributed by atoms with van der Waals surface area (Å²) in [6, 6.07) is 7.88. The van der Waals surface area contributed by atoms with Crippen LogP contribution in [0.25, 0.3) is 0 Å². The summed E-state index contributed by atoms with van der Waals surface area (Å²) in [7, 11) is 0. The molecule has 2 atom stereocenters. The Kier molecular flexibility index (Phi) is 5.22. The molecule has 0 bridgehead atoms. The molecule has 1 aromatic rings. The monoisotopic (exact) mass is 338 g/mol. The van der Waals surface area contributed by atoms with Gasteiger partial charge in [0.15, 0.2) is 0 Å². The molecule has 1 fully saturated rings. The molecule has 1 aliphatic rings. The van der Waals surface area contributed by atoms with Gasteiger partial charge in [0, 0.05) is 11.0 Å². The van der Waals surface area contributed by atoms with Crippen LogP contribution in [0.15, 0.2) is 28.7 Å². The van der Waals surface area contributed by atoms with Crippen LogP contribution in [-0.4, -0.2) is 18.0 Å². The first-order valence-corrected chi connectivity index (χ1v) is 8.10. The van der Waals surface area contributed by atoms with Crippen LogP contribution in [0.3, 0.4) is 0 Å². The third-order valence-electron chi connectivity index (χ3n) is 4.46. The molecule has 1 aliphatic carbocycles. The van der Waals surface area contributed by atoms with Crippen molar-refractivity contribution in [2.24, 2.45) is 11.7 Å². The maximum absolute atomic E-state index is 12.3. The van der Waals surface area contributed by atoms with Gasteiger partial charge in [-0.2, -0.15) is 0 Å². The van der Waals surface area contributed by atoms with E-state index in [1.807, 2.05) is 24.3 Å². The van der Waals surface area contributed by atoms with Crippen molar-refractivity contribution in [2.75, 3.05) is 6.54 Å². The Hall–Kier alpha value is -0.870. The third kappa shape index (κ3) is 3.61. The SMILES string of the molecule is CC1CCCCC1(CN)NC(=O)Cc1cccc(Br)c1. The average Bonchev–Trinajstić information content (AvgIpc) is 2.41. The predicted molar refractivity (Wildman–Crippen MR) is 85.4 cm³/mol. The highest BCUT2D eigenvalue weighted by Gasteiger charge is 2.38. The lowest BCUT2D eigenvalue weighted by Crippen LogP contribution is -2.59. The van der Waals surface area contributed by atoms with Crippen LogP contribution in [0.1, 0.15) is 38.2 Å². The van der Waals surface area contributed by atoms with Crippen LogP contribution in [-0.2, 0) is 11.2 Å². The lowest BCUT2D eigenvalue weighted by Gasteiger charge is -2.42. The summed E-state index contributed by atoms with van der Waals surface area (Å²) in [6.45, 7) is 2.73. The van der Waals surface area contributed by atoms with E-state index < -0.39 is 0 Å². The molecule has 2 unspecified atom stereocenters. The number of benzene rings is 1. The van der Waals surface area contributed by atoms with Gasteiger partial charge in [0.2, 0.25) is 5.91 Å². The Morgan fingerprint density at radius 1 is 1.50 bits per heavy atom. The van der Waals surface area contributed by atoms with Crippen molar-refractivity contribution in [1.82, 2.24) is 5.32 Å². The number of rotatable bonds is 4. The largest absolute Gasteiger partial charge is 0.349 e. The summed E-state index contributed by atoms with van der Waals surface area (Å²) in [4.78, 5) is 12.3. The first-order chi connectivity index (χ1) is 9.55. The fourth-order valence-electron chi connectivity index (χ4n) is 3.11. The Morgan fingerprint density at radius 3 is 2.95 bits per heavy atom. The zero-order chi connectivity index (χ0) is 14.6. The van der Waals surface area contributed by atoms with E-state index >= 15 is 0 Å². The van der Waals surface area contributed by atoms with Gasteiger partial charge in [-0.1, -0.05) is 47.8 Å². The molecule has 0 aliphatic heterocycles. The molecule has 110 valence electrons. The highest BCUT2D eigenvalue weighted by molar-refractivity contribution is 9.10. The van der Waals surface area contributed by atoms with Crippen LogP contribution in [0.5, 0.6) is 0 Å². The van der Waals surface area contributed by atoms with Crippen molar-refractivity contribution in [3.8, 4) is 0 Å². The smallest absolute Gasteiger partial charge is 0.224 e. The Morgan fingerprint density at radius 2 is 2.30 bits per heavy atom. The van der Waals surface area contributed by atoms with Crippen molar-refractivity contribution in [1.29, 1.82) is 0 Å². The van der Waals surface area contributed by atoms with Crippen LogP contribution >= 0.6 is 15.9 Å². The quantitative estimate of drug-likeness (QED) is 0.886. The minimum Gasteiger partial charge on any atom is -0.349 e. The van der Waals surface area contributed by atoms with Gasteiger partial charge >= 0.3 is 0 Å². The normalized spacial score (nSPS) is 26.2. The number of hydrogen-bond donors (Lipinski definition) is 2. The van der Waals surface area contributed by atoms with Crippen LogP contribution in [0.4, 0.5) is 0 Å². The lowest BCUT2D eigenvalue weighted by atomic mass is 9.73. The molecule has 0 saturated heterocycles. The summed E-state index contributed by atoms with van der Waals surface area (Å²) in [5.41, 5.74) is 6.79. The number of nitrogens with two attached hydrogens (primary N) is 1. The van der Waals surface area contributed by atoms with E-state index in [4.69, 9.17) is 5.73 Å². The van der Waals surface area contributed by atoms with E-state index in [1.54, 1.807) is 0 Å². The average molecular weight is 339 g/mol. The number of halogens is 1. The summed E-state index contributed by atoms with van der Waals surface area (Å²) < 4.78 is 1.00. The fourth-order valence-corrected chi connectivity index (χ4v) is 3.55. The highest BCUT2D eigenvalue weighted by Crippen LogP contribution is 2.32. The maximum Gasteiger partial charge on any atom is 0.224 e. The minimum atomic E-state index is -0.207. The van der Waals surface area contributed by atoms with Crippen LogP contribution < -0.4 is 11.1 Å². The molecule has 20 heavy (non-hydrogen) atoms. The van der Waals surface area contributed by atoms with Gasteiger partial charge in [-0.05, 0) is 36.5 Å². The van der Waals surface area contributed by atoms with Gasteiger partial charge in [0.25, 0.3) is 0 Å². The lowest BCUT2D eigenvalue weighted by molar-refractivity contribution is -0.123. The van der Waals surface area contributed by atoms with E-state index in [0.717, 1.165) is 29.3 Å². The Bertz CT molecular complexity index is 477. The molecule has 1 saturated carbocycles. The molecule has 0 aromatic heterocycles. The van der Waals surface area contributed by atoms with E-state index in [2.05, 4.69) is 28.2 Å². The zero-order valence-corrected chi connectivity index (χ0v) is 13.6. The Balaban J connectivity index is 2.02. The van der Waals surface area contributed by atoms with Gasteiger partial charge in [-0.25, -0.2) is 0 Å². The fraction of sp³-hybridized carbons (Fsp3) is 0.562. The number of nitrogens with one attached hydrogen (secondary N) is 1. The molecule has 3 N–H and O–H groups in total. The van der Waals surface area contributed by atoms with E-state index in [1.165, 1.54) is 6.42 Å². The van der Waals surface area contributed by atoms with Gasteiger partial charge in [-0.3, -0.25) is 4.79 Å². The van der Waals surface area contributed by atoms with Gasteiger partial charge in [0.1, 0.15) is 0 Å². The summed E-state index contributed by atoms with van der Waals surface area (Å²) >= 11 is 3.43. The molecule has 0 spiro atoms. The zero-order valence-electron chi connectivity index (χ0n) is 12.0. The predicted octanol–water partition coefficient (Wildman–Crippen LogP) is 3.02. The second kappa shape index (κ2) is 6.72. The van der Waals surface area contributed by atoms with Gasteiger partial charge in [0.05, 0.1) is 12.0 Å². The van der Waals surface area contributed by atoms with Crippen molar-refractivity contribution in [3.05, 3.63) is 34.3 Å². The standard InChI is InChI=1S/C16H23BrN2O/c1-12-5-2-3-8-16(12,11-18)19-15(20)10-13-6-4-7-14(17)9-13/h4,6-7,9,12H,2-3,5,8,10-11,18H2,1H3,(H,19,20). The molecular formula is C16H23BrN2O. The van der Waals surface area contributed by atoms with Crippen molar-refractivity contribution >= 4 is 21.8 Å². The maximum atomic E-state index is 12.3. The molecule has 1 amide bonds. The molecule has 3 nitrogen and oxygen atoms in total. The van der Waals surface area contributed by atoms with Crippen molar-refractivity contribution in [3.63, 3.8) is 0 Å². The first-order valence-electron chi connectivity index (χ1n) is 7.31. The van der Waals surface area contributed by atoms with Crippen LogP contribution in [0, 0.1) is 5.92 Å². The van der Waals surface area contributed by atoms with E-state index in [9.17, 15) is 4.79 Å². The van der Waals surface area contributed by atoms with Gasteiger partial charge in [-0.15, -0.1) is 0 Å². The van der Waals surface area contributed by atoms with E-state index in [0.29, 0.717) is 18.9 Å². The number of amides is 1. The van der Waals surface area contributed by atoms with E-state index in [-0.39, 0.29) is 11.4 Å². The second-order valence-corrected chi connectivity index (χ2v) is 6.78. The van der Waals surface area contributed by atoms with Crippen molar-refractivity contribution < 1.29 is 4.79 Å².